The summed E-state index contributed by atoms with van der Waals surface area (Å²) >= 11 is 0. The normalized spacial score (nSPS) is 12.3. The number of nitrogens with zero attached hydrogens (tertiary/aromatic N) is 2. The lowest BCUT2D eigenvalue weighted by atomic mass is 10.1. The van der Waals surface area contributed by atoms with Crippen molar-refractivity contribution in [1.82, 2.24) is 14.9 Å². The second-order valence-corrected chi connectivity index (χ2v) is 5.15. The molecule has 0 radical (unpaired) electrons. The largest absolute Gasteiger partial charge is 0.361 e. The number of carbonyl (C=O) groups is 1. The lowest BCUT2D eigenvalue weighted by Gasteiger charge is -2.25. The summed E-state index contributed by atoms with van der Waals surface area (Å²) in [7, 11) is 1.83. The summed E-state index contributed by atoms with van der Waals surface area (Å²) in [6.07, 6.45) is 5.37. The number of fused-ring (bicyclic) bond motifs is 1. The molecule has 1 N–H and O–H groups in total. The van der Waals surface area contributed by atoms with Gasteiger partial charge in [0, 0.05) is 36.7 Å². The Bertz CT molecular complexity index is 764. The third-order valence-corrected chi connectivity index (χ3v) is 3.89. The van der Waals surface area contributed by atoms with Gasteiger partial charge in [0.05, 0.1) is 6.04 Å². The Hall–Kier alpha value is -2.62. The Balaban J connectivity index is 1.86. The van der Waals surface area contributed by atoms with Crippen LogP contribution in [0.15, 0.2) is 55.0 Å². The summed E-state index contributed by atoms with van der Waals surface area (Å²) in [5, 5.41) is 1.11. The summed E-state index contributed by atoms with van der Waals surface area (Å²) in [6.45, 7) is 2.01. The third-order valence-electron chi connectivity index (χ3n) is 3.89. The molecule has 1 unspecified atom stereocenters. The molecule has 2 aromatic heterocycles. The summed E-state index contributed by atoms with van der Waals surface area (Å²) in [6, 6.07) is 11.6. The highest BCUT2D eigenvalue weighted by molar-refractivity contribution is 5.98. The topological polar surface area (TPSA) is 49.0 Å². The smallest absolute Gasteiger partial charge is 0.254 e. The van der Waals surface area contributed by atoms with Crippen LogP contribution in [0, 0.1) is 0 Å². The number of amides is 1. The van der Waals surface area contributed by atoms with E-state index in [1.165, 1.54) is 0 Å². The maximum atomic E-state index is 12.6. The highest BCUT2D eigenvalue weighted by Crippen LogP contribution is 2.21. The van der Waals surface area contributed by atoms with E-state index in [1.807, 2.05) is 56.6 Å². The van der Waals surface area contributed by atoms with Gasteiger partial charge >= 0.3 is 0 Å². The van der Waals surface area contributed by atoms with E-state index in [9.17, 15) is 4.79 Å². The molecule has 0 aliphatic rings. The van der Waals surface area contributed by atoms with Crippen LogP contribution in [0.4, 0.5) is 0 Å². The van der Waals surface area contributed by atoms with Gasteiger partial charge in [0.2, 0.25) is 0 Å². The highest BCUT2D eigenvalue weighted by Gasteiger charge is 2.19. The second kappa shape index (κ2) is 5.40. The average molecular weight is 279 g/mol. The van der Waals surface area contributed by atoms with Crippen molar-refractivity contribution in [3.63, 3.8) is 0 Å². The summed E-state index contributed by atoms with van der Waals surface area (Å²) < 4.78 is 0. The van der Waals surface area contributed by atoms with Gasteiger partial charge in [0.15, 0.2) is 0 Å². The number of hydrogen-bond acceptors (Lipinski definition) is 2. The van der Waals surface area contributed by atoms with E-state index in [-0.39, 0.29) is 11.9 Å². The second-order valence-electron chi connectivity index (χ2n) is 5.15. The molecule has 0 aliphatic carbocycles. The molecule has 1 atom stereocenters. The number of aromatic nitrogens is 2. The van der Waals surface area contributed by atoms with Crippen LogP contribution in [0.25, 0.3) is 10.9 Å². The van der Waals surface area contributed by atoms with E-state index in [0.29, 0.717) is 5.56 Å². The number of rotatable bonds is 3. The van der Waals surface area contributed by atoms with Crippen LogP contribution in [0.3, 0.4) is 0 Å². The molecule has 4 nitrogen and oxygen atoms in total. The van der Waals surface area contributed by atoms with Crippen LogP contribution < -0.4 is 0 Å². The molecule has 1 aromatic carbocycles. The van der Waals surface area contributed by atoms with Gasteiger partial charge < -0.3 is 9.88 Å². The Morgan fingerprint density at radius 2 is 1.95 bits per heavy atom. The van der Waals surface area contributed by atoms with Crippen LogP contribution in [0.1, 0.15) is 28.9 Å². The van der Waals surface area contributed by atoms with Crippen molar-refractivity contribution in [2.24, 2.45) is 0 Å². The van der Waals surface area contributed by atoms with Gasteiger partial charge in [-0.3, -0.25) is 9.78 Å². The van der Waals surface area contributed by atoms with Crippen molar-refractivity contribution in [1.29, 1.82) is 0 Å². The van der Waals surface area contributed by atoms with Crippen LogP contribution in [-0.4, -0.2) is 27.8 Å². The van der Waals surface area contributed by atoms with Gasteiger partial charge in [-0.15, -0.1) is 0 Å². The molecule has 1 amide bonds. The van der Waals surface area contributed by atoms with Crippen molar-refractivity contribution in [3.8, 4) is 0 Å². The number of aromatic amines is 1. The molecular formula is C17H17N3O. The molecule has 0 saturated carbocycles. The number of benzene rings is 1. The molecule has 0 spiro atoms. The summed E-state index contributed by atoms with van der Waals surface area (Å²) in [4.78, 5) is 21.5. The van der Waals surface area contributed by atoms with E-state index in [0.717, 1.165) is 16.5 Å². The average Bonchev–Trinajstić information content (AvgIpc) is 3.01. The van der Waals surface area contributed by atoms with Gasteiger partial charge in [-0.1, -0.05) is 6.07 Å². The standard InChI is InChI=1S/C17H17N3O/c1-12(13-5-8-18-9-6-13)20(2)17(21)15-4-3-14-7-10-19-16(14)11-15/h3-12,19H,1-2H3. The molecule has 3 rings (SSSR count). The predicted octanol–water partition coefficient (Wildman–Crippen LogP) is 3.40. The van der Waals surface area contributed by atoms with Crippen LogP contribution in [0.2, 0.25) is 0 Å². The van der Waals surface area contributed by atoms with Crippen LogP contribution in [0.5, 0.6) is 0 Å². The molecule has 3 aromatic rings. The van der Waals surface area contributed by atoms with E-state index in [1.54, 1.807) is 17.3 Å². The van der Waals surface area contributed by atoms with Gasteiger partial charge in [-0.25, -0.2) is 0 Å². The van der Waals surface area contributed by atoms with Gasteiger partial charge in [0.1, 0.15) is 0 Å². The first kappa shape index (κ1) is 13.4. The molecule has 4 heteroatoms. The maximum Gasteiger partial charge on any atom is 0.254 e. The predicted molar refractivity (Wildman–Crippen MR) is 83.0 cm³/mol. The molecule has 0 bridgehead atoms. The quantitative estimate of drug-likeness (QED) is 0.799. The zero-order valence-electron chi connectivity index (χ0n) is 12.1. The van der Waals surface area contributed by atoms with Crippen molar-refractivity contribution >= 4 is 16.8 Å². The Morgan fingerprint density at radius 3 is 2.71 bits per heavy atom. The van der Waals surface area contributed by atoms with Crippen LogP contribution in [-0.2, 0) is 0 Å². The zero-order valence-corrected chi connectivity index (χ0v) is 12.1. The van der Waals surface area contributed by atoms with Crippen molar-refractivity contribution in [3.05, 3.63) is 66.1 Å². The third kappa shape index (κ3) is 2.52. The minimum atomic E-state index is -0.000149. The van der Waals surface area contributed by atoms with Crippen molar-refractivity contribution in [2.75, 3.05) is 7.05 Å². The fraction of sp³-hybridized carbons (Fsp3) is 0.176. The number of nitrogens with one attached hydrogen (secondary N) is 1. The maximum absolute atomic E-state index is 12.6. The first-order chi connectivity index (χ1) is 10.2. The summed E-state index contributed by atoms with van der Waals surface area (Å²) in [5.74, 6) is 0.0100. The highest BCUT2D eigenvalue weighted by atomic mass is 16.2. The minimum Gasteiger partial charge on any atom is -0.361 e. The Labute approximate surface area is 123 Å². The zero-order chi connectivity index (χ0) is 14.8. The molecule has 0 fully saturated rings. The molecule has 0 saturated heterocycles. The molecule has 2 heterocycles. The van der Waals surface area contributed by atoms with E-state index in [4.69, 9.17) is 0 Å². The van der Waals surface area contributed by atoms with Gasteiger partial charge in [-0.2, -0.15) is 0 Å². The Morgan fingerprint density at radius 1 is 1.19 bits per heavy atom. The Kier molecular flexibility index (Phi) is 3.44. The van der Waals surface area contributed by atoms with E-state index in [2.05, 4.69) is 9.97 Å². The molecular weight excluding hydrogens is 262 g/mol. The molecule has 0 aliphatic heterocycles. The van der Waals surface area contributed by atoms with Crippen molar-refractivity contribution < 1.29 is 4.79 Å². The first-order valence-corrected chi connectivity index (χ1v) is 6.91. The number of pyridine rings is 1. The summed E-state index contributed by atoms with van der Waals surface area (Å²) in [5.41, 5.74) is 2.74. The van der Waals surface area contributed by atoms with Crippen molar-refractivity contribution in [2.45, 2.75) is 13.0 Å². The lowest BCUT2D eigenvalue weighted by molar-refractivity contribution is 0.0742. The number of carbonyl (C=O) groups excluding carboxylic acids is 1. The molecule has 21 heavy (non-hydrogen) atoms. The fourth-order valence-corrected chi connectivity index (χ4v) is 2.43. The number of hydrogen-bond donors (Lipinski definition) is 1. The van der Waals surface area contributed by atoms with E-state index >= 15 is 0 Å². The lowest BCUT2D eigenvalue weighted by Crippen LogP contribution is -2.29. The van der Waals surface area contributed by atoms with E-state index < -0.39 is 0 Å². The monoisotopic (exact) mass is 279 g/mol. The first-order valence-electron chi connectivity index (χ1n) is 6.91. The van der Waals surface area contributed by atoms with Gasteiger partial charge in [-0.05, 0) is 48.2 Å². The number of H-pyrrole nitrogens is 1. The fourth-order valence-electron chi connectivity index (χ4n) is 2.43. The van der Waals surface area contributed by atoms with Gasteiger partial charge in [0.25, 0.3) is 5.91 Å². The van der Waals surface area contributed by atoms with Crippen LogP contribution >= 0.6 is 0 Å². The molecule has 106 valence electrons. The SMILES string of the molecule is CC(c1ccncc1)N(C)C(=O)c1ccc2cc[nH]c2c1. The minimum absolute atomic E-state index is 0.000149.